The first kappa shape index (κ1) is 24.8. The number of carbonyl (C=O) groups excluding carboxylic acids is 2. The lowest BCUT2D eigenvalue weighted by atomic mass is 10.0. The van der Waals surface area contributed by atoms with Gasteiger partial charge in [0, 0.05) is 42.0 Å². The molecule has 190 valence electrons. The second-order valence-electron chi connectivity index (χ2n) is 8.76. The molecule has 3 heterocycles. The summed E-state index contributed by atoms with van der Waals surface area (Å²) in [7, 11) is 0. The summed E-state index contributed by atoms with van der Waals surface area (Å²) in [6, 6.07) is 12.7. The molecule has 0 saturated carbocycles. The molecule has 7 nitrogen and oxygen atoms in total. The van der Waals surface area contributed by atoms with Gasteiger partial charge in [-0.25, -0.2) is 13.8 Å². The van der Waals surface area contributed by atoms with E-state index in [2.05, 4.69) is 15.3 Å². The van der Waals surface area contributed by atoms with Gasteiger partial charge in [-0.15, -0.1) is 0 Å². The number of Topliss-reactive ketones (excluding diaryl/α,β-unsaturated/α-hetero) is 1. The maximum Gasteiger partial charge on any atom is 0.280 e. The van der Waals surface area contributed by atoms with Crippen LogP contribution in [-0.4, -0.2) is 26.2 Å². The van der Waals surface area contributed by atoms with E-state index in [9.17, 15) is 23.2 Å². The quantitative estimate of drug-likeness (QED) is 0.255. The molecule has 1 amide bonds. The normalized spacial score (nSPS) is 13.7. The van der Waals surface area contributed by atoms with E-state index in [1.165, 1.54) is 23.0 Å². The highest BCUT2D eigenvalue weighted by Crippen LogP contribution is 2.34. The Labute approximate surface area is 216 Å². The average molecular weight is 513 g/mol. The number of amides is 1. The predicted molar refractivity (Wildman–Crippen MR) is 140 cm³/mol. The van der Waals surface area contributed by atoms with Crippen molar-refractivity contribution in [2.45, 2.75) is 19.4 Å². The van der Waals surface area contributed by atoms with Crippen LogP contribution in [0.3, 0.4) is 0 Å². The number of hydrogen-bond acceptors (Lipinski definition) is 4. The van der Waals surface area contributed by atoms with Crippen LogP contribution in [0.2, 0.25) is 0 Å². The number of carbonyl (C=O) groups is 2. The van der Waals surface area contributed by atoms with Gasteiger partial charge in [0.25, 0.3) is 11.5 Å². The molecular weight excluding hydrogens is 490 g/mol. The number of H-pyrrole nitrogens is 1. The fraction of sp³-hybridized carbons (Fsp3) is 0.103. The molecule has 0 fully saturated rings. The molecule has 2 aromatic heterocycles. The Hall–Kier alpha value is -4.92. The van der Waals surface area contributed by atoms with Gasteiger partial charge in [0.15, 0.2) is 23.1 Å². The zero-order chi connectivity index (χ0) is 26.6. The van der Waals surface area contributed by atoms with Crippen molar-refractivity contribution in [1.29, 1.82) is 0 Å². The average Bonchev–Trinajstić information content (AvgIpc) is 3.53. The Morgan fingerprint density at radius 1 is 1.05 bits per heavy atom. The lowest BCUT2D eigenvalue weighted by Crippen LogP contribution is -2.27. The number of hydrogen-bond donors (Lipinski definition) is 2. The van der Waals surface area contributed by atoms with E-state index in [0.29, 0.717) is 23.2 Å². The standard InChI is InChI=1S/C29H22F2N4O3/c30-23-10-8-19(14-24(23)31)17-35-13-12-33-27(29(35)38)26(36)6-2-1-4-18-7-9-21-22(16-20-5-3-11-32-20)28(37)34-25(21)15-18/h1,3-5,7-16,32H,2,6,17H2,(H,34,37)/b4-1+,22-16-. The molecule has 2 aromatic carbocycles. The molecule has 2 N–H and O–H groups in total. The van der Waals surface area contributed by atoms with E-state index in [1.807, 2.05) is 42.5 Å². The summed E-state index contributed by atoms with van der Waals surface area (Å²) in [5.41, 5.74) is 3.37. The summed E-state index contributed by atoms with van der Waals surface area (Å²) in [6.45, 7) is -0.0183. The number of fused-ring (bicyclic) bond motifs is 1. The smallest absolute Gasteiger partial charge is 0.280 e. The highest BCUT2D eigenvalue weighted by Gasteiger charge is 2.24. The minimum Gasteiger partial charge on any atom is -0.362 e. The minimum absolute atomic E-state index is 0.0183. The van der Waals surface area contributed by atoms with Crippen LogP contribution < -0.4 is 10.9 Å². The SMILES string of the molecule is O=C1Nc2cc(/C=C/CCC(=O)c3nccn(Cc4ccc(F)c(F)c4)c3=O)ccc2/C1=C/c1ccc[nH]1. The maximum absolute atomic E-state index is 13.5. The first-order valence-electron chi connectivity index (χ1n) is 11.9. The van der Waals surface area contributed by atoms with Crippen molar-refractivity contribution in [3.8, 4) is 0 Å². The van der Waals surface area contributed by atoms with Crippen LogP contribution >= 0.6 is 0 Å². The van der Waals surface area contributed by atoms with Gasteiger partial charge in [0.1, 0.15) is 0 Å². The Bertz CT molecular complexity index is 1650. The highest BCUT2D eigenvalue weighted by atomic mass is 19.2. The molecule has 0 radical (unpaired) electrons. The minimum atomic E-state index is -1.01. The number of benzene rings is 2. The molecule has 0 aliphatic carbocycles. The van der Waals surface area contributed by atoms with Gasteiger partial charge in [-0.3, -0.25) is 14.4 Å². The molecule has 1 aliphatic heterocycles. The van der Waals surface area contributed by atoms with Gasteiger partial charge in [-0.05, 0) is 54.0 Å². The summed E-state index contributed by atoms with van der Waals surface area (Å²) in [6.07, 6.45) is 10.4. The summed E-state index contributed by atoms with van der Waals surface area (Å²) in [4.78, 5) is 44.8. The molecule has 1 aliphatic rings. The van der Waals surface area contributed by atoms with Crippen molar-refractivity contribution in [1.82, 2.24) is 14.5 Å². The number of allylic oxidation sites excluding steroid dienone is 1. The number of nitrogens with one attached hydrogen (secondary N) is 2. The first-order valence-corrected chi connectivity index (χ1v) is 11.9. The van der Waals surface area contributed by atoms with Crippen LogP contribution in [0, 0.1) is 11.6 Å². The van der Waals surface area contributed by atoms with E-state index in [4.69, 9.17) is 0 Å². The third kappa shape index (κ3) is 5.27. The van der Waals surface area contributed by atoms with E-state index in [0.717, 1.165) is 29.0 Å². The van der Waals surface area contributed by atoms with Crippen molar-refractivity contribution in [2.75, 3.05) is 5.32 Å². The third-order valence-electron chi connectivity index (χ3n) is 6.11. The van der Waals surface area contributed by atoms with Crippen molar-refractivity contribution in [3.05, 3.63) is 123 Å². The van der Waals surface area contributed by atoms with E-state index in [-0.39, 0.29) is 24.6 Å². The Morgan fingerprint density at radius 3 is 2.71 bits per heavy atom. The van der Waals surface area contributed by atoms with Crippen molar-refractivity contribution in [3.63, 3.8) is 0 Å². The van der Waals surface area contributed by atoms with Crippen molar-refractivity contribution >= 4 is 35.1 Å². The van der Waals surface area contributed by atoms with E-state index in [1.54, 1.807) is 12.3 Å². The molecule has 0 bridgehead atoms. The summed E-state index contributed by atoms with van der Waals surface area (Å²) >= 11 is 0. The fourth-order valence-corrected chi connectivity index (χ4v) is 4.20. The maximum atomic E-state index is 13.5. The second kappa shape index (κ2) is 10.6. The largest absolute Gasteiger partial charge is 0.362 e. The van der Waals surface area contributed by atoms with Gasteiger partial charge >= 0.3 is 0 Å². The molecule has 0 saturated heterocycles. The van der Waals surface area contributed by atoms with Crippen LogP contribution in [0.1, 0.15) is 45.7 Å². The number of halogens is 2. The van der Waals surface area contributed by atoms with Crippen LogP contribution in [0.25, 0.3) is 17.7 Å². The van der Waals surface area contributed by atoms with Gasteiger partial charge in [-0.1, -0.05) is 30.4 Å². The highest BCUT2D eigenvalue weighted by molar-refractivity contribution is 6.34. The number of aromatic nitrogens is 3. The molecule has 0 atom stereocenters. The second-order valence-corrected chi connectivity index (χ2v) is 8.76. The van der Waals surface area contributed by atoms with Crippen LogP contribution in [0.5, 0.6) is 0 Å². The van der Waals surface area contributed by atoms with Gasteiger partial charge in [-0.2, -0.15) is 0 Å². The van der Waals surface area contributed by atoms with E-state index >= 15 is 0 Å². The molecule has 0 unspecified atom stereocenters. The Kier molecular flexibility index (Phi) is 6.90. The lowest BCUT2D eigenvalue weighted by Gasteiger charge is -2.07. The van der Waals surface area contributed by atoms with Gasteiger partial charge < -0.3 is 14.9 Å². The molecular formula is C29H22F2N4O3. The molecule has 0 spiro atoms. The van der Waals surface area contributed by atoms with Crippen molar-refractivity contribution < 1.29 is 18.4 Å². The van der Waals surface area contributed by atoms with Crippen LogP contribution in [-0.2, 0) is 11.3 Å². The summed E-state index contributed by atoms with van der Waals surface area (Å²) < 4.78 is 27.9. The van der Waals surface area contributed by atoms with Crippen LogP contribution in [0.4, 0.5) is 14.5 Å². The predicted octanol–water partition coefficient (Wildman–Crippen LogP) is 5.07. The summed E-state index contributed by atoms with van der Waals surface area (Å²) in [5, 5.41) is 2.87. The molecule has 38 heavy (non-hydrogen) atoms. The Morgan fingerprint density at radius 2 is 1.92 bits per heavy atom. The molecule has 5 rings (SSSR count). The van der Waals surface area contributed by atoms with Crippen LogP contribution in [0.15, 0.2) is 78.0 Å². The van der Waals surface area contributed by atoms with Crippen molar-refractivity contribution in [2.24, 2.45) is 0 Å². The molecule has 9 heteroatoms. The number of aromatic amines is 1. The topological polar surface area (TPSA) is 96.8 Å². The zero-order valence-electron chi connectivity index (χ0n) is 20.1. The number of rotatable bonds is 8. The number of anilines is 1. The zero-order valence-corrected chi connectivity index (χ0v) is 20.1. The Balaban J connectivity index is 1.22. The molecule has 4 aromatic rings. The van der Waals surface area contributed by atoms with Gasteiger partial charge in [0.2, 0.25) is 0 Å². The number of nitrogens with zero attached hydrogens (tertiary/aromatic N) is 2. The fourth-order valence-electron chi connectivity index (χ4n) is 4.20. The number of ketones is 1. The van der Waals surface area contributed by atoms with E-state index < -0.39 is 23.0 Å². The lowest BCUT2D eigenvalue weighted by molar-refractivity contribution is -0.110. The van der Waals surface area contributed by atoms with Gasteiger partial charge in [0.05, 0.1) is 12.1 Å². The monoisotopic (exact) mass is 512 g/mol. The first-order chi connectivity index (χ1) is 18.4. The summed E-state index contributed by atoms with van der Waals surface area (Å²) in [5.74, 6) is -2.57. The third-order valence-corrected chi connectivity index (χ3v) is 6.11.